The summed E-state index contributed by atoms with van der Waals surface area (Å²) in [6.45, 7) is 3.40. The Morgan fingerprint density at radius 1 is 1.53 bits per heavy atom. The summed E-state index contributed by atoms with van der Waals surface area (Å²) in [4.78, 5) is 23.3. The van der Waals surface area contributed by atoms with Crippen LogP contribution < -0.4 is 11.5 Å². The van der Waals surface area contributed by atoms with Crippen molar-refractivity contribution >= 4 is 11.9 Å². The predicted molar refractivity (Wildman–Crippen MR) is 50.5 cm³/mol. The predicted octanol–water partition coefficient (Wildman–Crippen LogP) is -0.522. The molecule has 0 aromatic heterocycles. The molecule has 0 fully saturated rings. The van der Waals surface area contributed by atoms with Gasteiger partial charge in [0.25, 0.3) is 5.91 Å². The second-order valence-electron chi connectivity index (χ2n) is 2.65. The second kappa shape index (κ2) is 3.78. The van der Waals surface area contributed by atoms with E-state index in [4.69, 9.17) is 11.5 Å². The highest BCUT2D eigenvalue weighted by Crippen LogP contribution is 2.17. The molecule has 80 valence electrons. The van der Waals surface area contributed by atoms with E-state index in [1.54, 1.807) is 0 Å². The Labute approximate surface area is 85.5 Å². The molecule has 0 aliphatic carbocycles. The van der Waals surface area contributed by atoms with E-state index >= 15 is 0 Å². The van der Waals surface area contributed by atoms with E-state index < -0.39 is 11.9 Å². The van der Waals surface area contributed by atoms with Gasteiger partial charge in [0.05, 0.1) is 0 Å². The van der Waals surface area contributed by atoms with Crippen molar-refractivity contribution in [2.24, 2.45) is 21.8 Å². The van der Waals surface area contributed by atoms with Crippen LogP contribution in [0, 0.1) is 0 Å². The third-order valence-corrected chi connectivity index (χ3v) is 1.67. The number of rotatable bonds is 2. The minimum Gasteiger partial charge on any atom is -0.391 e. The lowest BCUT2D eigenvalue weighted by molar-refractivity contribution is -0.114. The molecular formula is C7H10N6O2. The van der Waals surface area contributed by atoms with Crippen LogP contribution in [0.1, 0.15) is 0 Å². The van der Waals surface area contributed by atoms with Crippen molar-refractivity contribution in [3.05, 3.63) is 24.3 Å². The van der Waals surface area contributed by atoms with Crippen LogP contribution in [0.25, 0.3) is 0 Å². The molecule has 8 heteroatoms. The van der Waals surface area contributed by atoms with E-state index in [1.807, 2.05) is 0 Å². The molecule has 15 heavy (non-hydrogen) atoms. The first kappa shape index (κ1) is 10.7. The fraction of sp³-hybridized carbons (Fsp3) is 0.143. The van der Waals surface area contributed by atoms with Gasteiger partial charge in [0, 0.05) is 13.2 Å². The molecule has 1 aliphatic heterocycles. The summed E-state index contributed by atoms with van der Waals surface area (Å²) in [5.41, 5.74) is 9.96. The van der Waals surface area contributed by atoms with Gasteiger partial charge in [-0.3, -0.25) is 4.79 Å². The van der Waals surface area contributed by atoms with Gasteiger partial charge in [-0.15, -0.1) is 5.11 Å². The molecule has 4 N–H and O–H groups in total. The highest BCUT2D eigenvalue weighted by Gasteiger charge is 2.27. The van der Waals surface area contributed by atoms with Crippen molar-refractivity contribution in [2.45, 2.75) is 0 Å². The fourth-order valence-corrected chi connectivity index (χ4v) is 0.901. The van der Waals surface area contributed by atoms with E-state index in [2.05, 4.69) is 16.9 Å². The molecule has 0 spiro atoms. The number of nitrogens with zero attached hydrogens (tertiary/aromatic N) is 4. The number of nitrogens with two attached hydrogens (primary N) is 2. The molecule has 1 rings (SSSR count). The number of hydrogen-bond acceptors (Lipinski definition) is 5. The zero-order valence-corrected chi connectivity index (χ0v) is 8.04. The highest BCUT2D eigenvalue weighted by atomic mass is 16.2. The molecule has 3 amide bonds. The molecule has 0 bridgehead atoms. The zero-order chi connectivity index (χ0) is 11.6. The van der Waals surface area contributed by atoms with Crippen LogP contribution in [0.2, 0.25) is 0 Å². The molecule has 0 saturated carbocycles. The maximum Gasteiger partial charge on any atom is 0.351 e. The van der Waals surface area contributed by atoms with Crippen LogP contribution in [-0.4, -0.2) is 28.9 Å². The Morgan fingerprint density at radius 3 is 2.60 bits per heavy atom. The topological polar surface area (TPSA) is 117 Å². The second-order valence-corrected chi connectivity index (χ2v) is 2.65. The Bertz CT molecular complexity index is 385. The standard InChI is InChI=1S/C7H10N6O2/c1-3-13-6(4(8)5(9)14)10-11-12(2)7(13)15/h3H,1,8H2,2H3,(H2,9,14)/b6-4-. The zero-order valence-electron chi connectivity index (χ0n) is 8.04. The third-order valence-electron chi connectivity index (χ3n) is 1.67. The molecular weight excluding hydrogens is 200 g/mol. The lowest BCUT2D eigenvalue weighted by Crippen LogP contribution is -2.39. The number of carbonyl (C=O) groups excluding carboxylic acids is 2. The van der Waals surface area contributed by atoms with Crippen molar-refractivity contribution in [1.82, 2.24) is 9.91 Å². The van der Waals surface area contributed by atoms with E-state index in [0.29, 0.717) is 0 Å². The van der Waals surface area contributed by atoms with Crippen LogP contribution in [-0.2, 0) is 4.79 Å². The van der Waals surface area contributed by atoms with Crippen molar-refractivity contribution in [3.8, 4) is 0 Å². The van der Waals surface area contributed by atoms with Gasteiger partial charge in [0.2, 0.25) is 0 Å². The maximum absolute atomic E-state index is 11.5. The largest absolute Gasteiger partial charge is 0.391 e. The molecule has 0 aromatic rings. The van der Waals surface area contributed by atoms with Gasteiger partial charge in [-0.25, -0.2) is 9.69 Å². The quantitative estimate of drug-likeness (QED) is 0.597. The molecule has 0 radical (unpaired) electrons. The van der Waals surface area contributed by atoms with E-state index in [-0.39, 0.29) is 11.5 Å². The van der Waals surface area contributed by atoms with Gasteiger partial charge < -0.3 is 11.5 Å². The smallest absolute Gasteiger partial charge is 0.351 e. The minimum absolute atomic E-state index is 0.124. The summed E-state index contributed by atoms with van der Waals surface area (Å²) in [6, 6.07) is -0.529. The van der Waals surface area contributed by atoms with E-state index in [1.165, 1.54) is 13.2 Å². The van der Waals surface area contributed by atoms with Gasteiger partial charge in [0.1, 0.15) is 5.70 Å². The third kappa shape index (κ3) is 1.77. The molecule has 0 saturated heterocycles. The summed E-state index contributed by atoms with van der Waals surface area (Å²) >= 11 is 0. The molecule has 0 atom stereocenters. The first-order valence-electron chi connectivity index (χ1n) is 3.89. The number of primary amides is 1. The van der Waals surface area contributed by atoms with Gasteiger partial charge in [0.15, 0.2) is 5.82 Å². The normalized spacial score (nSPS) is 19.1. The number of urea groups is 1. The fourth-order valence-electron chi connectivity index (χ4n) is 0.901. The molecule has 8 nitrogen and oxygen atoms in total. The summed E-state index contributed by atoms with van der Waals surface area (Å²) in [5, 5.41) is 8.01. The van der Waals surface area contributed by atoms with Crippen molar-refractivity contribution in [1.29, 1.82) is 0 Å². The minimum atomic E-state index is -0.881. The summed E-state index contributed by atoms with van der Waals surface area (Å²) in [6.07, 6.45) is 1.17. The molecule has 0 aromatic carbocycles. The molecule has 1 aliphatic rings. The van der Waals surface area contributed by atoms with Crippen LogP contribution in [0.5, 0.6) is 0 Å². The monoisotopic (exact) mass is 210 g/mol. The Hall–Kier alpha value is -2.38. The van der Waals surface area contributed by atoms with Crippen molar-refractivity contribution in [2.75, 3.05) is 7.05 Å². The first-order chi connectivity index (χ1) is 6.99. The lowest BCUT2D eigenvalue weighted by Gasteiger charge is -2.25. The van der Waals surface area contributed by atoms with Gasteiger partial charge in [-0.05, 0) is 0 Å². The molecule has 0 unspecified atom stereocenters. The van der Waals surface area contributed by atoms with Crippen LogP contribution in [0.4, 0.5) is 4.79 Å². The summed E-state index contributed by atoms with van der Waals surface area (Å²) in [7, 11) is 1.40. The SMILES string of the molecule is C=CN1C(=O)N(C)N=N/C1=C(/N)C(N)=O. The van der Waals surface area contributed by atoms with Crippen LogP contribution >= 0.6 is 0 Å². The number of amides is 3. The van der Waals surface area contributed by atoms with Crippen LogP contribution in [0.3, 0.4) is 0 Å². The Morgan fingerprint density at radius 2 is 2.13 bits per heavy atom. The van der Waals surface area contributed by atoms with Crippen LogP contribution in [0.15, 0.2) is 34.6 Å². The van der Waals surface area contributed by atoms with E-state index in [0.717, 1.165) is 9.91 Å². The van der Waals surface area contributed by atoms with Gasteiger partial charge in [-0.1, -0.05) is 11.8 Å². The lowest BCUT2D eigenvalue weighted by atomic mass is 10.4. The summed E-state index contributed by atoms with van der Waals surface area (Å²) < 4.78 is 0. The number of hydrogen-bond donors (Lipinski definition) is 2. The van der Waals surface area contributed by atoms with Crippen molar-refractivity contribution < 1.29 is 9.59 Å². The maximum atomic E-state index is 11.5. The average Bonchev–Trinajstić information content (AvgIpc) is 2.20. The first-order valence-corrected chi connectivity index (χ1v) is 3.89. The summed E-state index contributed by atoms with van der Waals surface area (Å²) in [5.74, 6) is -1.01. The number of carbonyl (C=O) groups is 2. The van der Waals surface area contributed by atoms with Gasteiger partial charge in [-0.2, -0.15) is 5.01 Å². The average molecular weight is 210 g/mol. The molecule has 1 heterocycles. The van der Waals surface area contributed by atoms with Crippen molar-refractivity contribution in [3.63, 3.8) is 0 Å². The van der Waals surface area contributed by atoms with Gasteiger partial charge >= 0.3 is 6.03 Å². The van der Waals surface area contributed by atoms with E-state index in [9.17, 15) is 9.59 Å². The highest BCUT2D eigenvalue weighted by molar-refractivity contribution is 5.92. The Kier molecular flexibility index (Phi) is 2.70. The Balaban J connectivity index is 3.25.